The lowest BCUT2D eigenvalue weighted by molar-refractivity contribution is 0.589. The molecule has 1 nitrogen and oxygen atoms in total. The molecule has 0 aliphatic carbocycles. The molecule has 0 fully saturated rings. The van der Waals surface area contributed by atoms with Crippen LogP contribution in [0.4, 0.5) is 0 Å². The van der Waals surface area contributed by atoms with E-state index in [2.05, 4.69) is 74.9 Å². The van der Waals surface area contributed by atoms with Crippen LogP contribution in [-0.4, -0.2) is 4.90 Å². The van der Waals surface area contributed by atoms with E-state index in [0.29, 0.717) is 0 Å². The molecule has 0 spiro atoms. The van der Waals surface area contributed by atoms with E-state index in [1.807, 2.05) is 19.9 Å². The van der Waals surface area contributed by atoms with Crippen LogP contribution < -0.4 is 0 Å². The van der Waals surface area contributed by atoms with Crippen molar-refractivity contribution in [3.63, 3.8) is 0 Å². The highest BCUT2D eigenvalue weighted by atomic mass is 15.1. The van der Waals surface area contributed by atoms with Crippen LogP contribution in [0.1, 0.15) is 40.2 Å². The molecule has 1 aromatic carbocycles. The second kappa shape index (κ2) is 7.54. The van der Waals surface area contributed by atoms with Crippen molar-refractivity contribution in [2.75, 3.05) is 0 Å². The van der Waals surface area contributed by atoms with E-state index in [0.717, 1.165) is 5.70 Å². The van der Waals surface area contributed by atoms with Crippen LogP contribution in [0.15, 0.2) is 72.2 Å². The lowest BCUT2D eigenvalue weighted by atomic mass is 10.0. The highest BCUT2D eigenvalue weighted by Gasteiger charge is 2.11. The summed E-state index contributed by atoms with van der Waals surface area (Å²) in [5, 5.41) is 0. The summed E-state index contributed by atoms with van der Waals surface area (Å²) in [6.07, 6.45) is 6.27. The van der Waals surface area contributed by atoms with Crippen LogP contribution in [0.5, 0.6) is 0 Å². The van der Waals surface area contributed by atoms with Crippen molar-refractivity contribution in [2.24, 2.45) is 0 Å². The summed E-state index contributed by atoms with van der Waals surface area (Å²) in [4.78, 5) is 2.15. The Balaban J connectivity index is 0.000000956. The Morgan fingerprint density at radius 1 is 1.00 bits per heavy atom. The van der Waals surface area contributed by atoms with Crippen molar-refractivity contribution >= 4 is 5.57 Å². The third kappa shape index (κ3) is 3.74. The maximum absolute atomic E-state index is 4.09. The van der Waals surface area contributed by atoms with E-state index < -0.39 is 0 Å². The van der Waals surface area contributed by atoms with E-state index in [1.165, 1.54) is 22.4 Å². The van der Waals surface area contributed by atoms with Gasteiger partial charge in [0.1, 0.15) is 0 Å². The van der Waals surface area contributed by atoms with Gasteiger partial charge in [0.2, 0.25) is 0 Å². The number of nitrogens with zero attached hydrogens (tertiary/aromatic N) is 1. The quantitative estimate of drug-likeness (QED) is 0.659. The zero-order valence-corrected chi connectivity index (χ0v) is 13.3. The molecule has 1 aromatic rings. The fourth-order valence-corrected chi connectivity index (χ4v) is 2.03. The highest BCUT2D eigenvalue weighted by molar-refractivity contribution is 5.67. The average Bonchev–Trinajstić information content (AvgIpc) is 2.51. The smallest absolute Gasteiger partial charge is 0.0380 e. The monoisotopic (exact) mass is 267 g/mol. The van der Waals surface area contributed by atoms with Gasteiger partial charge in [-0.05, 0) is 43.6 Å². The van der Waals surface area contributed by atoms with E-state index in [1.54, 1.807) is 0 Å². The molecule has 1 aliphatic rings. The van der Waals surface area contributed by atoms with Crippen LogP contribution in [0.3, 0.4) is 0 Å². The van der Waals surface area contributed by atoms with Crippen LogP contribution >= 0.6 is 0 Å². The number of hydrogen-bond acceptors (Lipinski definition) is 1. The number of benzene rings is 1. The first-order valence-electron chi connectivity index (χ1n) is 7.17. The van der Waals surface area contributed by atoms with Crippen molar-refractivity contribution in [1.29, 1.82) is 0 Å². The predicted octanol–water partition coefficient (Wildman–Crippen LogP) is 5.75. The predicted molar refractivity (Wildman–Crippen MR) is 89.9 cm³/mol. The van der Waals surface area contributed by atoms with Crippen molar-refractivity contribution < 1.29 is 0 Å². The summed E-state index contributed by atoms with van der Waals surface area (Å²) in [5.74, 6) is 0. The van der Waals surface area contributed by atoms with Gasteiger partial charge in [0.15, 0.2) is 0 Å². The van der Waals surface area contributed by atoms with E-state index >= 15 is 0 Å². The fraction of sp³-hybridized carbons (Fsp3) is 0.263. The van der Waals surface area contributed by atoms with Gasteiger partial charge in [-0.2, -0.15) is 0 Å². The standard InChI is InChI=1S/C17H19N.C2H6/c1-13-10-11-14(2)18(12-13)16(4)15(3)17-8-6-5-7-9-17;1-2/h5-12H,2H2,1,3-4H3;1-2H3/b16-15+;. The SMILES string of the molecule is C=C1C=CC(C)=CN1/C(C)=C(\C)c1ccccc1.CC. The van der Waals surface area contributed by atoms with Gasteiger partial charge in [0.25, 0.3) is 0 Å². The van der Waals surface area contributed by atoms with Gasteiger partial charge in [-0.1, -0.05) is 56.8 Å². The van der Waals surface area contributed by atoms with Gasteiger partial charge >= 0.3 is 0 Å². The summed E-state index contributed by atoms with van der Waals surface area (Å²) in [5.41, 5.74) is 5.99. The van der Waals surface area contributed by atoms with Gasteiger partial charge < -0.3 is 4.90 Å². The van der Waals surface area contributed by atoms with Gasteiger partial charge in [0, 0.05) is 17.6 Å². The first-order chi connectivity index (χ1) is 9.59. The highest BCUT2D eigenvalue weighted by Crippen LogP contribution is 2.26. The lowest BCUT2D eigenvalue weighted by Gasteiger charge is -2.27. The minimum absolute atomic E-state index is 1.01. The van der Waals surface area contributed by atoms with E-state index in [-0.39, 0.29) is 0 Å². The first kappa shape index (κ1) is 16.0. The summed E-state index contributed by atoms with van der Waals surface area (Å²) in [7, 11) is 0. The summed E-state index contributed by atoms with van der Waals surface area (Å²) in [6, 6.07) is 10.4. The molecular weight excluding hydrogens is 242 g/mol. The normalized spacial score (nSPS) is 15.2. The third-order valence-electron chi connectivity index (χ3n) is 3.29. The Morgan fingerprint density at radius 2 is 1.60 bits per heavy atom. The number of hydrogen-bond donors (Lipinski definition) is 0. The molecule has 1 heterocycles. The van der Waals surface area contributed by atoms with E-state index in [9.17, 15) is 0 Å². The van der Waals surface area contributed by atoms with Crippen molar-refractivity contribution in [1.82, 2.24) is 4.90 Å². The Hall–Kier alpha value is -2.02. The largest absolute Gasteiger partial charge is 0.321 e. The Kier molecular flexibility index (Phi) is 6.05. The molecule has 1 heteroatoms. The zero-order chi connectivity index (χ0) is 15.1. The molecule has 0 bridgehead atoms. The molecular formula is C19H25N. The second-order valence-electron chi connectivity index (χ2n) is 4.64. The Morgan fingerprint density at radius 3 is 2.20 bits per heavy atom. The molecule has 0 unspecified atom stereocenters. The van der Waals surface area contributed by atoms with Crippen molar-refractivity contribution in [3.8, 4) is 0 Å². The van der Waals surface area contributed by atoms with Gasteiger partial charge in [-0.15, -0.1) is 0 Å². The van der Waals surface area contributed by atoms with Crippen molar-refractivity contribution in [2.45, 2.75) is 34.6 Å². The summed E-state index contributed by atoms with van der Waals surface area (Å²) in [6.45, 7) is 14.5. The second-order valence-corrected chi connectivity index (χ2v) is 4.64. The molecule has 0 N–H and O–H groups in total. The fourth-order valence-electron chi connectivity index (χ4n) is 2.03. The van der Waals surface area contributed by atoms with Crippen LogP contribution in [0, 0.1) is 0 Å². The molecule has 0 radical (unpaired) electrons. The van der Waals surface area contributed by atoms with Crippen LogP contribution in [-0.2, 0) is 0 Å². The maximum Gasteiger partial charge on any atom is 0.0380 e. The van der Waals surface area contributed by atoms with Crippen molar-refractivity contribution in [3.05, 3.63) is 77.8 Å². The number of rotatable bonds is 2. The minimum Gasteiger partial charge on any atom is -0.321 e. The number of allylic oxidation sites excluding steroid dienone is 5. The van der Waals surface area contributed by atoms with Gasteiger partial charge in [0.05, 0.1) is 0 Å². The topological polar surface area (TPSA) is 3.24 Å². The molecule has 20 heavy (non-hydrogen) atoms. The summed E-state index contributed by atoms with van der Waals surface area (Å²) < 4.78 is 0. The van der Waals surface area contributed by atoms with Gasteiger partial charge in [-0.3, -0.25) is 0 Å². The molecule has 0 saturated heterocycles. The molecule has 0 amide bonds. The minimum atomic E-state index is 1.01. The van der Waals surface area contributed by atoms with Gasteiger partial charge in [-0.25, -0.2) is 0 Å². The third-order valence-corrected chi connectivity index (χ3v) is 3.29. The zero-order valence-electron chi connectivity index (χ0n) is 13.3. The van der Waals surface area contributed by atoms with E-state index in [4.69, 9.17) is 0 Å². The maximum atomic E-state index is 4.09. The molecule has 2 rings (SSSR count). The summed E-state index contributed by atoms with van der Waals surface area (Å²) >= 11 is 0. The molecule has 0 atom stereocenters. The molecule has 106 valence electrons. The Labute approximate surface area is 123 Å². The molecule has 0 saturated carbocycles. The van der Waals surface area contributed by atoms with Crippen LogP contribution in [0.2, 0.25) is 0 Å². The molecule has 1 aliphatic heterocycles. The first-order valence-corrected chi connectivity index (χ1v) is 7.17. The van der Waals surface area contributed by atoms with Crippen LogP contribution in [0.25, 0.3) is 5.57 Å². The Bertz CT molecular complexity index is 544. The average molecular weight is 267 g/mol. The molecule has 0 aromatic heterocycles. The lowest BCUT2D eigenvalue weighted by Crippen LogP contribution is -2.16.